The fourth-order valence-corrected chi connectivity index (χ4v) is 3.02. The molecule has 2 aliphatic rings. The van der Waals surface area contributed by atoms with E-state index in [9.17, 15) is 9.90 Å². The second kappa shape index (κ2) is 5.54. The zero-order chi connectivity index (χ0) is 14.0. The standard InChI is InChI=1S/C16H21NO3/c18-14(13-5-2-1-3-6-13)11-15(19)17-9-10-20-16(12-17)7-4-8-16/h1-3,5-6,14,18H,4,7-12H2. The molecule has 1 heterocycles. The van der Waals surface area contributed by atoms with E-state index in [1.54, 1.807) is 0 Å². The monoisotopic (exact) mass is 275 g/mol. The lowest BCUT2D eigenvalue weighted by Crippen LogP contribution is -2.57. The molecule has 1 N–H and O–H groups in total. The Hall–Kier alpha value is -1.39. The second-order valence-electron chi connectivity index (χ2n) is 5.83. The van der Waals surface area contributed by atoms with Crippen molar-refractivity contribution in [3.05, 3.63) is 35.9 Å². The highest BCUT2D eigenvalue weighted by Crippen LogP contribution is 2.38. The van der Waals surface area contributed by atoms with Crippen molar-refractivity contribution in [2.75, 3.05) is 19.7 Å². The average Bonchev–Trinajstić information content (AvgIpc) is 2.46. The molecule has 1 aliphatic carbocycles. The van der Waals surface area contributed by atoms with Gasteiger partial charge in [-0.3, -0.25) is 4.79 Å². The van der Waals surface area contributed by atoms with Gasteiger partial charge in [-0.1, -0.05) is 30.3 Å². The predicted octanol–water partition coefficient (Wildman–Crippen LogP) is 1.89. The normalized spacial score (nSPS) is 22.4. The first kappa shape index (κ1) is 13.6. The number of aliphatic hydroxyl groups is 1. The number of rotatable bonds is 3. The van der Waals surface area contributed by atoms with Crippen molar-refractivity contribution in [3.63, 3.8) is 0 Å². The van der Waals surface area contributed by atoms with Crippen LogP contribution in [0, 0.1) is 0 Å². The first-order chi connectivity index (χ1) is 9.69. The SMILES string of the molecule is O=C(CC(O)c1ccccc1)N1CCOC2(CCC2)C1. The molecule has 1 saturated heterocycles. The predicted molar refractivity (Wildman–Crippen MR) is 75.1 cm³/mol. The number of hydrogen-bond acceptors (Lipinski definition) is 3. The van der Waals surface area contributed by atoms with Gasteiger partial charge in [0.2, 0.25) is 5.91 Å². The third-order valence-electron chi connectivity index (χ3n) is 4.42. The Balaban J connectivity index is 1.59. The first-order valence-electron chi connectivity index (χ1n) is 7.33. The number of ether oxygens (including phenoxy) is 1. The summed E-state index contributed by atoms with van der Waals surface area (Å²) >= 11 is 0. The highest BCUT2D eigenvalue weighted by atomic mass is 16.5. The molecule has 1 unspecified atom stereocenters. The molecule has 1 spiro atoms. The van der Waals surface area contributed by atoms with Crippen LogP contribution in [0.4, 0.5) is 0 Å². The largest absolute Gasteiger partial charge is 0.388 e. The maximum atomic E-state index is 12.3. The Morgan fingerprint density at radius 2 is 2.10 bits per heavy atom. The number of amides is 1. The molecule has 1 atom stereocenters. The summed E-state index contributed by atoms with van der Waals surface area (Å²) in [6, 6.07) is 9.36. The van der Waals surface area contributed by atoms with Crippen LogP contribution < -0.4 is 0 Å². The van der Waals surface area contributed by atoms with E-state index in [0.29, 0.717) is 19.7 Å². The quantitative estimate of drug-likeness (QED) is 0.916. The number of morpholine rings is 1. The van der Waals surface area contributed by atoms with E-state index >= 15 is 0 Å². The molecule has 0 aromatic heterocycles. The summed E-state index contributed by atoms with van der Waals surface area (Å²) in [4.78, 5) is 14.2. The van der Waals surface area contributed by atoms with E-state index in [2.05, 4.69) is 0 Å². The van der Waals surface area contributed by atoms with Gasteiger partial charge in [-0.05, 0) is 24.8 Å². The number of aliphatic hydroxyl groups excluding tert-OH is 1. The van der Waals surface area contributed by atoms with Crippen molar-refractivity contribution in [1.82, 2.24) is 4.90 Å². The van der Waals surface area contributed by atoms with Crippen LogP contribution >= 0.6 is 0 Å². The smallest absolute Gasteiger partial charge is 0.225 e. The summed E-state index contributed by atoms with van der Waals surface area (Å²) in [7, 11) is 0. The van der Waals surface area contributed by atoms with Gasteiger partial charge in [-0.2, -0.15) is 0 Å². The maximum absolute atomic E-state index is 12.3. The van der Waals surface area contributed by atoms with E-state index in [-0.39, 0.29) is 17.9 Å². The van der Waals surface area contributed by atoms with Crippen molar-refractivity contribution >= 4 is 5.91 Å². The topological polar surface area (TPSA) is 49.8 Å². The Morgan fingerprint density at radius 3 is 2.75 bits per heavy atom. The molecule has 1 amide bonds. The van der Waals surface area contributed by atoms with E-state index in [4.69, 9.17) is 4.74 Å². The lowest BCUT2D eigenvalue weighted by atomic mass is 9.79. The fraction of sp³-hybridized carbons (Fsp3) is 0.562. The van der Waals surface area contributed by atoms with Gasteiger partial charge in [-0.15, -0.1) is 0 Å². The molecular formula is C16H21NO3. The van der Waals surface area contributed by atoms with Crippen LogP contribution in [0.2, 0.25) is 0 Å². The Kier molecular flexibility index (Phi) is 3.76. The van der Waals surface area contributed by atoms with Gasteiger partial charge in [0.05, 0.1) is 24.7 Å². The van der Waals surface area contributed by atoms with Crippen LogP contribution in [-0.2, 0) is 9.53 Å². The number of hydrogen-bond donors (Lipinski definition) is 1. The summed E-state index contributed by atoms with van der Waals surface area (Å²) in [5.41, 5.74) is 0.721. The zero-order valence-electron chi connectivity index (χ0n) is 11.6. The highest BCUT2D eigenvalue weighted by molar-refractivity contribution is 5.77. The van der Waals surface area contributed by atoms with Crippen molar-refractivity contribution < 1.29 is 14.6 Å². The maximum Gasteiger partial charge on any atom is 0.225 e. The van der Waals surface area contributed by atoms with Crippen LogP contribution in [0.15, 0.2) is 30.3 Å². The number of nitrogens with zero attached hydrogens (tertiary/aromatic N) is 1. The molecule has 4 nitrogen and oxygen atoms in total. The molecule has 1 aromatic carbocycles. The molecule has 0 bridgehead atoms. The van der Waals surface area contributed by atoms with E-state index in [0.717, 1.165) is 18.4 Å². The number of carbonyl (C=O) groups excluding carboxylic acids is 1. The first-order valence-corrected chi connectivity index (χ1v) is 7.33. The summed E-state index contributed by atoms with van der Waals surface area (Å²) in [6.07, 6.45) is 2.73. The van der Waals surface area contributed by atoms with Crippen LogP contribution in [0.5, 0.6) is 0 Å². The molecule has 1 saturated carbocycles. The van der Waals surface area contributed by atoms with Crippen molar-refractivity contribution in [3.8, 4) is 0 Å². The average molecular weight is 275 g/mol. The molecule has 20 heavy (non-hydrogen) atoms. The van der Waals surface area contributed by atoms with Crippen molar-refractivity contribution in [2.45, 2.75) is 37.4 Å². The van der Waals surface area contributed by atoms with E-state index in [1.165, 1.54) is 6.42 Å². The molecule has 3 rings (SSSR count). The number of carbonyl (C=O) groups is 1. The van der Waals surface area contributed by atoms with Gasteiger partial charge in [0.1, 0.15) is 0 Å². The summed E-state index contributed by atoms with van der Waals surface area (Å²) in [6.45, 7) is 1.95. The lowest BCUT2D eigenvalue weighted by Gasteiger charge is -2.48. The van der Waals surface area contributed by atoms with Crippen LogP contribution in [0.3, 0.4) is 0 Å². The molecule has 108 valence electrons. The summed E-state index contributed by atoms with van der Waals surface area (Å²) in [5, 5.41) is 10.1. The van der Waals surface area contributed by atoms with Gasteiger partial charge in [-0.25, -0.2) is 0 Å². The van der Waals surface area contributed by atoms with E-state index < -0.39 is 6.10 Å². The van der Waals surface area contributed by atoms with Gasteiger partial charge in [0.25, 0.3) is 0 Å². The van der Waals surface area contributed by atoms with Gasteiger partial charge in [0.15, 0.2) is 0 Å². The summed E-state index contributed by atoms with van der Waals surface area (Å²) < 4.78 is 5.82. The van der Waals surface area contributed by atoms with E-state index in [1.807, 2.05) is 35.2 Å². The third-order valence-corrected chi connectivity index (χ3v) is 4.42. The Morgan fingerprint density at radius 1 is 1.35 bits per heavy atom. The van der Waals surface area contributed by atoms with Gasteiger partial charge >= 0.3 is 0 Å². The minimum atomic E-state index is -0.719. The Bertz CT molecular complexity index is 470. The van der Waals surface area contributed by atoms with Crippen LogP contribution in [-0.4, -0.2) is 41.2 Å². The van der Waals surface area contributed by atoms with Crippen molar-refractivity contribution in [1.29, 1.82) is 0 Å². The third kappa shape index (κ3) is 2.72. The van der Waals surface area contributed by atoms with Gasteiger partial charge < -0.3 is 14.7 Å². The lowest BCUT2D eigenvalue weighted by molar-refractivity contribution is -0.168. The number of benzene rings is 1. The minimum absolute atomic E-state index is 0.0240. The summed E-state index contributed by atoms with van der Waals surface area (Å²) in [5.74, 6) is 0.0240. The molecule has 2 fully saturated rings. The molecule has 1 aliphatic heterocycles. The molecule has 4 heteroatoms. The highest BCUT2D eigenvalue weighted by Gasteiger charge is 2.43. The van der Waals surface area contributed by atoms with Crippen LogP contribution in [0.1, 0.15) is 37.4 Å². The van der Waals surface area contributed by atoms with Gasteiger partial charge in [0, 0.05) is 13.1 Å². The Labute approximate surface area is 119 Å². The van der Waals surface area contributed by atoms with Crippen molar-refractivity contribution in [2.24, 2.45) is 0 Å². The minimum Gasteiger partial charge on any atom is -0.388 e. The zero-order valence-corrected chi connectivity index (χ0v) is 11.6. The fourth-order valence-electron chi connectivity index (χ4n) is 3.02. The van der Waals surface area contributed by atoms with Crippen LogP contribution in [0.25, 0.3) is 0 Å². The molecule has 1 aromatic rings. The molecular weight excluding hydrogens is 254 g/mol. The molecule has 0 radical (unpaired) electrons. The second-order valence-corrected chi connectivity index (χ2v) is 5.83.